The van der Waals surface area contributed by atoms with Crippen LogP contribution in [0, 0.1) is 6.92 Å². The summed E-state index contributed by atoms with van der Waals surface area (Å²) in [6, 6.07) is 9.04. The molecule has 27 heavy (non-hydrogen) atoms. The molecular weight excluding hydrogens is 364 g/mol. The molecule has 1 atom stereocenters. The van der Waals surface area contributed by atoms with Crippen molar-refractivity contribution >= 4 is 15.8 Å². The fourth-order valence-corrected chi connectivity index (χ4v) is 4.96. The zero-order valence-electron chi connectivity index (χ0n) is 15.4. The Kier molecular flexibility index (Phi) is 5.12. The van der Waals surface area contributed by atoms with E-state index in [1.54, 1.807) is 22.8 Å². The number of hydrogen-bond donors (Lipinski definition) is 0. The first-order valence-corrected chi connectivity index (χ1v) is 10.7. The fraction of sp³-hybridized carbons (Fsp3) is 0.474. The molecule has 7 nitrogen and oxygen atoms in total. The Morgan fingerprint density at radius 3 is 2.48 bits per heavy atom. The van der Waals surface area contributed by atoms with E-state index in [0.717, 1.165) is 30.1 Å². The highest BCUT2D eigenvalue weighted by atomic mass is 32.2. The lowest BCUT2D eigenvalue weighted by molar-refractivity contribution is 0.193. The van der Waals surface area contributed by atoms with Gasteiger partial charge < -0.3 is 9.64 Å². The van der Waals surface area contributed by atoms with Crippen molar-refractivity contribution < 1.29 is 13.2 Å². The van der Waals surface area contributed by atoms with Gasteiger partial charge in [0, 0.05) is 44.8 Å². The number of sulfonamides is 1. The van der Waals surface area contributed by atoms with Crippen molar-refractivity contribution in [2.24, 2.45) is 0 Å². The minimum Gasteiger partial charge on any atom is -0.381 e. The molecule has 2 aromatic rings. The maximum Gasteiger partial charge on any atom is 0.243 e. The second-order valence-electron chi connectivity index (χ2n) is 7.07. The molecule has 2 saturated heterocycles. The van der Waals surface area contributed by atoms with Crippen LogP contribution in [0.5, 0.6) is 0 Å². The van der Waals surface area contributed by atoms with Crippen molar-refractivity contribution in [1.29, 1.82) is 0 Å². The van der Waals surface area contributed by atoms with E-state index in [1.807, 2.05) is 25.1 Å². The molecule has 2 aliphatic rings. The Morgan fingerprint density at radius 2 is 1.81 bits per heavy atom. The number of aromatic nitrogens is 2. The van der Waals surface area contributed by atoms with Crippen LogP contribution < -0.4 is 4.90 Å². The third-order valence-electron chi connectivity index (χ3n) is 5.24. The van der Waals surface area contributed by atoms with Gasteiger partial charge in [0.1, 0.15) is 12.1 Å². The maximum absolute atomic E-state index is 12.8. The first-order chi connectivity index (χ1) is 13.0. The molecule has 0 saturated carbocycles. The molecule has 1 aromatic carbocycles. The molecule has 0 N–H and O–H groups in total. The van der Waals surface area contributed by atoms with Crippen LogP contribution in [0.1, 0.15) is 23.6 Å². The van der Waals surface area contributed by atoms with Gasteiger partial charge in [-0.05, 0) is 25.5 Å². The average Bonchev–Trinajstić information content (AvgIpc) is 3.23. The predicted molar refractivity (Wildman–Crippen MR) is 102 cm³/mol. The molecule has 0 unspecified atom stereocenters. The van der Waals surface area contributed by atoms with Gasteiger partial charge in [-0.25, -0.2) is 18.4 Å². The molecule has 0 aliphatic carbocycles. The molecule has 0 radical (unpaired) electrons. The Balaban J connectivity index is 1.44. The number of piperazine rings is 1. The molecule has 0 bridgehead atoms. The summed E-state index contributed by atoms with van der Waals surface area (Å²) in [4.78, 5) is 11.3. The average molecular weight is 388 g/mol. The van der Waals surface area contributed by atoms with Crippen molar-refractivity contribution in [1.82, 2.24) is 14.3 Å². The topological polar surface area (TPSA) is 75.6 Å². The summed E-state index contributed by atoms with van der Waals surface area (Å²) in [5, 5.41) is 0. The lowest BCUT2D eigenvalue weighted by atomic mass is 10.0. The molecule has 3 heterocycles. The summed E-state index contributed by atoms with van der Waals surface area (Å²) in [6.07, 6.45) is 2.58. The molecular formula is C19H24N4O3S. The number of aryl methyl sites for hydroxylation is 1. The summed E-state index contributed by atoms with van der Waals surface area (Å²) >= 11 is 0. The molecule has 8 heteroatoms. The normalized spacial score (nSPS) is 21.5. The van der Waals surface area contributed by atoms with E-state index in [-0.39, 0.29) is 0 Å². The van der Waals surface area contributed by atoms with E-state index in [1.165, 1.54) is 0 Å². The van der Waals surface area contributed by atoms with Gasteiger partial charge in [-0.1, -0.05) is 17.7 Å². The molecule has 1 aromatic heterocycles. The summed E-state index contributed by atoms with van der Waals surface area (Å²) in [7, 11) is -3.45. The summed E-state index contributed by atoms with van der Waals surface area (Å²) in [5.74, 6) is 1.19. The van der Waals surface area contributed by atoms with Crippen LogP contribution in [0.3, 0.4) is 0 Å². The standard InChI is InChI=1S/C19H24N4O3S/c1-15-2-4-17(5-3-15)27(24,25)23-9-7-22(8-10-23)19-12-18(20-14-21-19)16-6-11-26-13-16/h2-5,12,14,16H,6-11,13H2,1H3/t16-/m0/s1. The first-order valence-electron chi connectivity index (χ1n) is 9.25. The van der Waals surface area contributed by atoms with E-state index < -0.39 is 10.0 Å². The Bertz CT molecular complexity index is 887. The van der Waals surface area contributed by atoms with Crippen LogP contribution >= 0.6 is 0 Å². The lowest BCUT2D eigenvalue weighted by Crippen LogP contribution is -2.49. The minimum atomic E-state index is -3.45. The van der Waals surface area contributed by atoms with Crippen molar-refractivity contribution in [3.05, 3.63) is 47.9 Å². The summed E-state index contributed by atoms with van der Waals surface area (Å²) in [5.41, 5.74) is 2.05. The van der Waals surface area contributed by atoms with Crippen LogP contribution in [0.25, 0.3) is 0 Å². The number of hydrogen-bond acceptors (Lipinski definition) is 6. The molecule has 0 amide bonds. The predicted octanol–water partition coefficient (Wildman–Crippen LogP) is 1.80. The lowest BCUT2D eigenvalue weighted by Gasteiger charge is -2.34. The molecule has 2 aliphatic heterocycles. The van der Waals surface area contributed by atoms with Gasteiger partial charge >= 0.3 is 0 Å². The van der Waals surface area contributed by atoms with Crippen LogP contribution in [0.15, 0.2) is 41.6 Å². The van der Waals surface area contributed by atoms with Gasteiger partial charge in [0.05, 0.1) is 17.2 Å². The Morgan fingerprint density at radius 1 is 1.07 bits per heavy atom. The zero-order chi connectivity index (χ0) is 18.9. The third-order valence-corrected chi connectivity index (χ3v) is 7.16. The van der Waals surface area contributed by atoms with E-state index in [9.17, 15) is 8.42 Å². The van der Waals surface area contributed by atoms with E-state index in [4.69, 9.17) is 4.74 Å². The van der Waals surface area contributed by atoms with Crippen LogP contribution in [-0.2, 0) is 14.8 Å². The molecule has 0 spiro atoms. The fourth-order valence-electron chi connectivity index (χ4n) is 3.54. The second kappa shape index (κ2) is 7.53. The molecule has 4 rings (SSSR count). The number of ether oxygens (including phenoxy) is 1. The summed E-state index contributed by atoms with van der Waals surface area (Å²) in [6.45, 7) is 5.55. The second-order valence-corrected chi connectivity index (χ2v) is 9.00. The summed E-state index contributed by atoms with van der Waals surface area (Å²) < 4.78 is 32.7. The van der Waals surface area contributed by atoms with Crippen LogP contribution in [-0.4, -0.2) is 62.1 Å². The van der Waals surface area contributed by atoms with Gasteiger partial charge in [0.2, 0.25) is 10.0 Å². The van der Waals surface area contributed by atoms with Gasteiger partial charge in [0.15, 0.2) is 0 Å². The van der Waals surface area contributed by atoms with E-state index in [0.29, 0.717) is 43.6 Å². The van der Waals surface area contributed by atoms with Crippen molar-refractivity contribution in [3.63, 3.8) is 0 Å². The number of rotatable bonds is 4. The minimum absolute atomic E-state index is 0.329. The van der Waals surface area contributed by atoms with Crippen molar-refractivity contribution in [3.8, 4) is 0 Å². The highest BCUT2D eigenvalue weighted by Gasteiger charge is 2.29. The van der Waals surface area contributed by atoms with Crippen LogP contribution in [0.4, 0.5) is 5.82 Å². The van der Waals surface area contributed by atoms with Gasteiger partial charge in [0.25, 0.3) is 0 Å². The number of nitrogens with zero attached hydrogens (tertiary/aromatic N) is 4. The Hall–Kier alpha value is -2.03. The van der Waals surface area contributed by atoms with E-state index in [2.05, 4.69) is 14.9 Å². The number of benzene rings is 1. The zero-order valence-corrected chi connectivity index (χ0v) is 16.2. The molecule has 2 fully saturated rings. The third kappa shape index (κ3) is 3.83. The number of anilines is 1. The highest BCUT2D eigenvalue weighted by Crippen LogP contribution is 2.26. The monoisotopic (exact) mass is 388 g/mol. The smallest absolute Gasteiger partial charge is 0.243 e. The van der Waals surface area contributed by atoms with E-state index >= 15 is 0 Å². The maximum atomic E-state index is 12.8. The highest BCUT2D eigenvalue weighted by molar-refractivity contribution is 7.89. The first kappa shape index (κ1) is 18.3. The van der Waals surface area contributed by atoms with Crippen molar-refractivity contribution in [2.75, 3.05) is 44.3 Å². The van der Waals surface area contributed by atoms with Crippen LogP contribution in [0.2, 0.25) is 0 Å². The van der Waals surface area contributed by atoms with Gasteiger partial charge in [-0.3, -0.25) is 0 Å². The van der Waals surface area contributed by atoms with Crippen molar-refractivity contribution in [2.45, 2.75) is 24.2 Å². The quantitative estimate of drug-likeness (QED) is 0.795. The van der Waals surface area contributed by atoms with Gasteiger partial charge in [-0.15, -0.1) is 0 Å². The largest absolute Gasteiger partial charge is 0.381 e. The SMILES string of the molecule is Cc1ccc(S(=O)(=O)N2CCN(c3cc([C@H]4CCOC4)ncn3)CC2)cc1. The van der Waals surface area contributed by atoms with Gasteiger partial charge in [-0.2, -0.15) is 4.31 Å². The Labute approximate surface area is 160 Å². The molecule has 144 valence electrons.